The molecule has 238 valence electrons. The van der Waals surface area contributed by atoms with Crippen molar-refractivity contribution in [2.75, 3.05) is 20.3 Å². The van der Waals surface area contributed by atoms with Crippen LogP contribution in [0.2, 0.25) is 0 Å². The first kappa shape index (κ1) is 32.9. The lowest BCUT2D eigenvalue weighted by Crippen LogP contribution is -2.39. The molecule has 46 heavy (non-hydrogen) atoms. The van der Waals surface area contributed by atoms with E-state index < -0.39 is 12.0 Å². The van der Waals surface area contributed by atoms with Crippen LogP contribution < -0.4 is 24.4 Å². The summed E-state index contributed by atoms with van der Waals surface area (Å²) in [5.74, 6) is 0.00722. The topological polar surface area (TPSA) is 105 Å². The molecule has 0 amide bonds. The summed E-state index contributed by atoms with van der Waals surface area (Å²) in [5, 5.41) is 0. The molecule has 0 unspecified atom stereocenters. The maximum atomic E-state index is 14.2. The maximum Gasteiger partial charge on any atom is 0.338 e. The normalized spacial score (nSPS) is 14.4. The molecule has 0 aliphatic carbocycles. The van der Waals surface area contributed by atoms with Crippen molar-refractivity contribution in [3.8, 4) is 11.5 Å². The number of aromatic nitrogens is 1. The molecule has 0 spiro atoms. The number of fused-ring (bicyclic) bond motifs is 1. The summed E-state index contributed by atoms with van der Waals surface area (Å²) in [7, 11) is 1.54. The Hall–Kier alpha value is -4.48. The molecule has 2 heterocycles. The number of nitrogens with zero attached hydrogens (tertiary/aromatic N) is 2. The van der Waals surface area contributed by atoms with Gasteiger partial charge in [-0.3, -0.25) is 9.36 Å². The second-order valence-corrected chi connectivity index (χ2v) is 12.4. The number of aryl methyl sites for hydroxylation is 1. The fraction of sp³-hybridized carbons (Fsp3) is 0.257. The van der Waals surface area contributed by atoms with Crippen LogP contribution in [0.25, 0.3) is 6.08 Å². The van der Waals surface area contributed by atoms with Crippen molar-refractivity contribution >= 4 is 45.3 Å². The number of benzene rings is 3. The summed E-state index contributed by atoms with van der Waals surface area (Å²) in [6.07, 6.45) is 1.74. The molecule has 1 atom stereocenters. The van der Waals surface area contributed by atoms with Gasteiger partial charge in [0.1, 0.15) is 6.61 Å². The SMILES string of the molecule is CCOC(=O)C1=C(C)N=c2s/c(=C\c3cc(Br)cc(OC)c3OCc3ccc(C(=O)OCC)cc3)c(=O)n2[C@@H]1c1ccc(C)cc1. The van der Waals surface area contributed by atoms with E-state index in [1.54, 1.807) is 68.9 Å². The average Bonchev–Trinajstić information content (AvgIpc) is 3.34. The van der Waals surface area contributed by atoms with E-state index in [-0.39, 0.29) is 24.7 Å². The molecule has 0 saturated heterocycles. The number of ether oxygens (including phenoxy) is 4. The van der Waals surface area contributed by atoms with Crippen LogP contribution in [0, 0.1) is 6.92 Å². The summed E-state index contributed by atoms with van der Waals surface area (Å²) < 4.78 is 25.1. The zero-order valence-electron chi connectivity index (χ0n) is 26.1. The Morgan fingerprint density at radius 3 is 2.30 bits per heavy atom. The number of rotatable bonds is 10. The summed E-state index contributed by atoms with van der Waals surface area (Å²) in [5.41, 5.74) is 4.23. The molecule has 0 saturated carbocycles. The van der Waals surface area contributed by atoms with Crippen molar-refractivity contribution in [2.45, 2.75) is 40.3 Å². The lowest BCUT2D eigenvalue weighted by molar-refractivity contribution is -0.139. The zero-order valence-corrected chi connectivity index (χ0v) is 28.5. The van der Waals surface area contributed by atoms with E-state index in [1.165, 1.54) is 11.3 Å². The molecule has 11 heteroatoms. The fourth-order valence-corrected chi connectivity index (χ4v) is 6.60. The minimum atomic E-state index is -0.705. The van der Waals surface area contributed by atoms with Crippen LogP contribution in [0.4, 0.5) is 0 Å². The van der Waals surface area contributed by atoms with E-state index in [2.05, 4.69) is 20.9 Å². The standard InChI is InChI=1S/C35H33BrN2O7S/c1-6-43-33(40)24-14-10-22(11-15-24)19-45-31-25(16-26(36)18-27(31)42-5)17-28-32(39)38-30(23-12-8-20(3)9-13-23)29(34(41)44-7-2)21(4)37-35(38)46-28/h8-18,30H,6-7,19H2,1-5H3/b28-17-/t30-/m1/s1. The van der Waals surface area contributed by atoms with Crippen LogP contribution in [0.1, 0.15) is 59.4 Å². The van der Waals surface area contributed by atoms with Gasteiger partial charge in [0.25, 0.3) is 5.56 Å². The lowest BCUT2D eigenvalue weighted by Gasteiger charge is -2.24. The molecular formula is C35H33BrN2O7S. The van der Waals surface area contributed by atoms with Gasteiger partial charge < -0.3 is 18.9 Å². The van der Waals surface area contributed by atoms with E-state index in [0.717, 1.165) is 21.2 Å². The van der Waals surface area contributed by atoms with E-state index in [4.69, 9.17) is 18.9 Å². The molecule has 1 aliphatic rings. The summed E-state index contributed by atoms with van der Waals surface area (Å²) in [6, 6.07) is 17.6. The Bertz CT molecular complexity index is 1990. The molecule has 5 rings (SSSR count). The fourth-order valence-electron chi connectivity index (χ4n) is 5.11. The predicted molar refractivity (Wildman–Crippen MR) is 179 cm³/mol. The largest absolute Gasteiger partial charge is 0.493 e. The van der Waals surface area contributed by atoms with E-state index in [1.807, 2.05) is 37.3 Å². The van der Waals surface area contributed by atoms with E-state index in [0.29, 0.717) is 49.8 Å². The molecule has 0 radical (unpaired) electrons. The van der Waals surface area contributed by atoms with E-state index >= 15 is 0 Å². The van der Waals surface area contributed by atoms with Gasteiger partial charge in [-0.25, -0.2) is 14.6 Å². The number of allylic oxidation sites excluding steroid dienone is 1. The molecule has 0 fully saturated rings. The molecular weight excluding hydrogens is 672 g/mol. The number of esters is 2. The summed E-state index contributed by atoms with van der Waals surface area (Å²) >= 11 is 4.77. The molecule has 1 aromatic heterocycles. The first-order chi connectivity index (χ1) is 22.1. The Morgan fingerprint density at radius 1 is 0.978 bits per heavy atom. The predicted octanol–water partition coefficient (Wildman–Crippen LogP) is 5.63. The first-order valence-electron chi connectivity index (χ1n) is 14.7. The summed E-state index contributed by atoms with van der Waals surface area (Å²) in [4.78, 5) is 44.5. The third-order valence-corrected chi connectivity index (χ3v) is 8.75. The van der Waals surface area contributed by atoms with Crippen molar-refractivity contribution < 1.29 is 28.5 Å². The number of carbonyl (C=O) groups excluding carboxylic acids is 2. The third kappa shape index (κ3) is 6.85. The van der Waals surface area contributed by atoms with Gasteiger partial charge in [0.2, 0.25) is 0 Å². The molecule has 9 nitrogen and oxygen atoms in total. The van der Waals surface area contributed by atoms with Crippen LogP contribution in [0.3, 0.4) is 0 Å². The second-order valence-electron chi connectivity index (χ2n) is 10.4. The van der Waals surface area contributed by atoms with Gasteiger partial charge in [-0.2, -0.15) is 0 Å². The van der Waals surface area contributed by atoms with Crippen molar-refractivity contribution in [1.29, 1.82) is 0 Å². The van der Waals surface area contributed by atoms with E-state index in [9.17, 15) is 14.4 Å². The molecule has 0 bridgehead atoms. The minimum absolute atomic E-state index is 0.179. The Kier molecular flexibility index (Phi) is 10.2. The Labute approximate surface area is 278 Å². The monoisotopic (exact) mass is 704 g/mol. The quantitative estimate of drug-likeness (QED) is 0.197. The van der Waals surface area contributed by atoms with Gasteiger partial charge >= 0.3 is 11.9 Å². The van der Waals surface area contributed by atoms with Gasteiger partial charge in [0, 0.05) is 10.0 Å². The molecule has 4 aromatic rings. The highest BCUT2D eigenvalue weighted by molar-refractivity contribution is 9.10. The van der Waals surface area contributed by atoms with Crippen LogP contribution in [-0.2, 0) is 20.9 Å². The Morgan fingerprint density at radius 2 is 1.65 bits per heavy atom. The molecule has 3 aromatic carbocycles. The lowest BCUT2D eigenvalue weighted by atomic mass is 9.95. The number of carbonyl (C=O) groups is 2. The van der Waals surface area contributed by atoms with Crippen molar-refractivity contribution in [2.24, 2.45) is 4.99 Å². The van der Waals surface area contributed by atoms with Crippen LogP contribution in [-0.4, -0.2) is 36.8 Å². The highest BCUT2D eigenvalue weighted by Gasteiger charge is 2.33. The van der Waals surface area contributed by atoms with Gasteiger partial charge in [-0.15, -0.1) is 0 Å². The Balaban J connectivity index is 1.58. The van der Waals surface area contributed by atoms with Crippen LogP contribution in [0.15, 0.2) is 86.2 Å². The van der Waals surface area contributed by atoms with Crippen molar-refractivity contribution in [3.05, 3.63) is 124 Å². The van der Waals surface area contributed by atoms with Crippen LogP contribution >= 0.6 is 27.3 Å². The molecule has 1 aliphatic heterocycles. The van der Waals surface area contributed by atoms with Gasteiger partial charge in [-0.05, 0) is 69.2 Å². The molecule has 0 N–H and O–H groups in total. The van der Waals surface area contributed by atoms with Gasteiger partial charge in [0.05, 0.1) is 47.7 Å². The number of hydrogen-bond donors (Lipinski definition) is 0. The number of methoxy groups -OCH3 is 1. The maximum absolute atomic E-state index is 14.2. The third-order valence-electron chi connectivity index (χ3n) is 7.31. The smallest absolute Gasteiger partial charge is 0.338 e. The first-order valence-corrected chi connectivity index (χ1v) is 16.3. The highest BCUT2D eigenvalue weighted by atomic mass is 79.9. The minimum Gasteiger partial charge on any atom is -0.493 e. The number of halogens is 1. The second kappa shape index (κ2) is 14.3. The highest BCUT2D eigenvalue weighted by Crippen LogP contribution is 2.36. The zero-order chi connectivity index (χ0) is 33.0. The van der Waals surface area contributed by atoms with Crippen molar-refractivity contribution in [1.82, 2.24) is 4.57 Å². The van der Waals surface area contributed by atoms with Gasteiger partial charge in [-0.1, -0.05) is 69.2 Å². The van der Waals surface area contributed by atoms with Gasteiger partial charge in [0.15, 0.2) is 16.3 Å². The van der Waals surface area contributed by atoms with Crippen LogP contribution in [0.5, 0.6) is 11.5 Å². The van der Waals surface area contributed by atoms with Crippen molar-refractivity contribution in [3.63, 3.8) is 0 Å². The summed E-state index contributed by atoms with van der Waals surface area (Å²) in [6.45, 7) is 7.92. The number of hydrogen-bond acceptors (Lipinski definition) is 9. The number of thiazole rings is 1. The average molecular weight is 706 g/mol.